The van der Waals surface area contributed by atoms with Gasteiger partial charge in [-0.1, -0.05) is 0 Å². The zero-order valence-corrected chi connectivity index (χ0v) is 16.4. The molecule has 10 nitrogen and oxygen atoms in total. The van der Waals surface area contributed by atoms with Crippen LogP contribution >= 0.6 is 0 Å². The standard InChI is InChI=1S/C20H18O10/c1-7-5-10(22)9(6-21)16(11(7)18(25)27-3)29-17-14(23)8(2)12-13(15(17)24)19(26)30-20(12)28-4/h5-6,20,22-24H,1-4H3. The maximum Gasteiger partial charge on any atom is 0.345 e. The largest absolute Gasteiger partial charge is 0.507 e. The Morgan fingerprint density at radius 2 is 1.80 bits per heavy atom. The number of rotatable bonds is 5. The fourth-order valence-electron chi connectivity index (χ4n) is 3.28. The van der Waals surface area contributed by atoms with Crippen molar-refractivity contribution in [2.24, 2.45) is 0 Å². The fraction of sp³-hybridized carbons (Fsp3) is 0.250. The van der Waals surface area contributed by atoms with Crippen LogP contribution in [0.5, 0.6) is 28.7 Å². The van der Waals surface area contributed by atoms with Gasteiger partial charge in [-0.15, -0.1) is 0 Å². The van der Waals surface area contributed by atoms with Crippen LogP contribution in [-0.2, 0) is 14.2 Å². The monoisotopic (exact) mass is 418 g/mol. The second kappa shape index (κ2) is 7.56. The third-order valence-electron chi connectivity index (χ3n) is 4.77. The van der Waals surface area contributed by atoms with Crippen molar-refractivity contribution in [3.8, 4) is 28.7 Å². The number of aldehydes is 1. The van der Waals surface area contributed by atoms with Gasteiger partial charge < -0.3 is 34.3 Å². The fourth-order valence-corrected chi connectivity index (χ4v) is 3.28. The van der Waals surface area contributed by atoms with E-state index >= 15 is 0 Å². The van der Waals surface area contributed by atoms with Crippen LogP contribution in [0.1, 0.15) is 54.1 Å². The van der Waals surface area contributed by atoms with E-state index in [0.717, 1.165) is 13.2 Å². The molecule has 3 N–H and O–H groups in total. The number of carbonyl (C=O) groups is 3. The number of aromatic hydroxyl groups is 3. The lowest BCUT2D eigenvalue weighted by atomic mass is 9.99. The molecule has 158 valence electrons. The number of esters is 2. The minimum absolute atomic E-state index is 0.111. The van der Waals surface area contributed by atoms with Crippen molar-refractivity contribution >= 4 is 18.2 Å². The van der Waals surface area contributed by atoms with E-state index < -0.39 is 52.5 Å². The van der Waals surface area contributed by atoms with Crippen LogP contribution in [0, 0.1) is 13.8 Å². The Morgan fingerprint density at radius 3 is 2.37 bits per heavy atom. The Kier molecular flexibility index (Phi) is 5.27. The number of fused-ring (bicyclic) bond motifs is 1. The van der Waals surface area contributed by atoms with Crippen molar-refractivity contribution in [1.82, 2.24) is 0 Å². The Bertz CT molecular complexity index is 1090. The summed E-state index contributed by atoms with van der Waals surface area (Å²) in [7, 11) is 2.38. The zero-order valence-electron chi connectivity index (χ0n) is 16.4. The highest BCUT2D eigenvalue weighted by Crippen LogP contribution is 2.52. The third-order valence-corrected chi connectivity index (χ3v) is 4.77. The van der Waals surface area contributed by atoms with Gasteiger partial charge in [0.1, 0.15) is 16.9 Å². The lowest BCUT2D eigenvalue weighted by molar-refractivity contribution is -0.0819. The third kappa shape index (κ3) is 2.98. The Hall–Kier alpha value is -3.79. The topological polar surface area (TPSA) is 149 Å². The van der Waals surface area contributed by atoms with Crippen LogP contribution in [0.25, 0.3) is 0 Å². The molecule has 0 saturated heterocycles. The first-order chi connectivity index (χ1) is 14.2. The lowest BCUT2D eigenvalue weighted by Gasteiger charge is -2.19. The van der Waals surface area contributed by atoms with Gasteiger partial charge in [-0.2, -0.15) is 0 Å². The molecule has 0 amide bonds. The first-order valence-corrected chi connectivity index (χ1v) is 8.57. The van der Waals surface area contributed by atoms with E-state index in [1.54, 1.807) is 0 Å². The van der Waals surface area contributed by atoms with Crippen LogP contribution in [-0.4, -0.2) is 47.8 Å². The first kappa shape index (κ1) is 20.9. The Morgan fingerprint density at radius 1 is 1.13 bits per heavy atom. The number of hydrogen-bond donors (Lipinski definition) is 3. The van der Waals surface area contributed by atoms with Crippen molar-refractivity contribution < 1.29 is 48.7 Å². The van der Waals surface area contributed by atoms with Gasteiger partial charge in [0.25, 0.3) is 0 Å². The number of cyclic esters (lactones) is 1. The highest BCUT2D eigenvalue weighted by atomic mass is 16.7. The molecule has 1 aliphatic heterocycles. The minimum Gasteiger partial charge on any atom is -0.507 e. The van der Waals surface area contributed by atoms with Crippen LogP contribution in [0.3, 0.4) is 0 Å². The molecule has 0 spiro atoms. The van der Waals surface area contributed by atoms with Gasteiger partial charge in [-0.25, -0.2) is 9.59 Å². The molecule has 1 heterocycles. The number of carbonyl (C=O) groups excluding carboxylic acids is 3. The second-order valence-electron chi connectivity index (χ2n) is 6.45. The summed E-state index contributed by atoms with van der Waals surface area (Å²) in [4.78, 5) is 36.0. The molecule has 3 rings (SSSR count). The molecule has 30 heavy (non-hydrogen) atoms. The van der Waals surface area contributed by atoms with Gasteiger partial charge in [0.15, 0.2) is 23.5 Å². The lowest BCUT2D eigenvalue weighted by Crippen LogP contribution is -2.09. The van der Waals surface area contributed by atoms with Crippen LogP contribution < -0.4 is 4.74 Å². The van der Waals surface area contributed by atoms with Gasteiger partial charge in [0, 0.05) is 18.2 Å². The molecule has 0 bridgehead atoms. The van der Waals surface area contributed by atoms with Crippen LogP contribution in [0.4, 0.5) is 0 Å². The van der Waals surface area contributed by atoms with E-state index in [1.165, 1.54) is 21.0 Å². The summed E-state index contributed by atoms with van der Waals surface area (Å²) in [6.07, 6.45) is -0.905. The second-order valence-corrected chi connectivity index (χ2v) is 6.45. The van der Waals surface area contributed by atoms with E-state index in [2.05, 4.69) is 0 Å². The average molecular weight is 418 g/mol. The summed E-state index contributed by atoms with van der Waals surface area (Å²) in [6, 6.07) is 1.16. The molecule has 2 aromatic carbocycles. The Labute approximate surface area is 170 Å². The van der Waals surface area contributed by atoms with Crippen LogP contribution in [0.15, 0.2) is 6.07 Å². The number of benzene rings is 2. The normalized spacial score (nSPS) is 14.8. The molecule has 0 aliphatic carbocycles. The molecule has 0 saturated carbocycles. The van der Waals surface area contributed by atoms with E-state index in [0.29, 0.717) is 0 Å². The number of phenols is 3. The molecule has 2 aromatic rings. The first-order valence-electron chi connectivity index (χ1n) is 8.57. The molecule has 1 atom stereocenters. The summed E-state index contributed by atoms with van der Waals surface area (Å²) < 4.78 is 20.3. The molecule has 0 radical (unpaired) electrons. The zero-order chi connectivity index (χ0) is 22.3. The highest BCUT2D eigenvalue weighted by Gasteiger charge is 2.40. The summed E-state index contributed by atoms with van der Waals surface area (Å²) >= 11 is 0. The van der Waals surface area contributed by atoms with E-state index in [4.69, 9.17) is 18.9 Å². The van der Waals surface area contributed by atoms with E-state index in [1.807, 2.05) is 0 Å². The Balaban J connectivity index is 2.30. The number of hydrogen-bond acceptors (Lipinski definition) is 10. The highest BCUT2D eigenvalue weighted by molar-refractivity contribution is 6.01. The van der Waals surface area contributed by atoms with Crippen molar-refractivity contribution in [3.05, 3.63) is 39.4 Å². The van der Waals surface area contributed by atoms with Crippen molar-refractivity contribution in [3.63, 3.8) is 0 Å². The molecule has 1 unspecified atom stereocenters. The van der Waals surface area contributed by atoms with Gasteiger partial charge in [0.2, 0.25) is 12.0 Å². The molecule has 10 heteroatoms. The summed E-state index contributed by atoms with van der Waals surface area (Å²) in [5.74, 6) is -4.75. The number of ether oxygens (including phenoxy) is 4. The van der Waals surface area contributed by atoms with Gasteiger partial charge in [0.05, 0.1) is 12.7 Å². The summed E-state index contributed by atoms with van der Waals surface area (Å²) in [5, 5.41) is 31.4. The summed E-state index contributed by atoms with van der Waals surface area (Å²) in [6.45, 7) is 2.89. The SMILES string of the molecule is COC(=O)c1c(C)cc(O)c(C=O)c1Oc1c(O)c(C)c2c(c1O)C(=O)OC2OC. The van der Waals surface area contributed by atoms with Gasteiger partial charge in [-0.05, 0) is 25.5 Å². The summed E-state index contributed by atoms with van der Waals surface area (Å²) in [5.41, 5.74) is -0.505. The van der Waals surface area contributed by atoms with Crippen molar-refractivity contribution in [2.75, 3.05) is 14.2 Å². The van der Waals surface area contributed by atoms with E-state index in [-0.39, 0.29) is 34.1 Å². The molecular weight excluding hydrogens is 400 g/mol. The average Bonchev–Trinajstić information content (AvgIpc) is 3.05. The van der Waals surface area contributed by atoms with Gasteiger partial charge >= 0.3 is 11.9 Å². The van der Waals surface area contributed by atoms with Crippen LogP contribution in [0.2, 0.25) is 0 Å². The van der Waals surface area contributed by atoms with Gasteiger partial charge in [-0.3, -0.25) is 4.79 Å². The van der Waals surface area contributed by atoms with Crippen molar-refractivity contribution in [2.45, 2.75) is 20.1 Å². The quantitative estimate of drug-likeness (QED) is 0.488. The predicted molar refractivity (Wildman–Crippen MR) is 99.3 cm³/mol. The molecule has 1 aliphatic rings. The smallest absolute Gasteiger partial charge is 0.345 e. The maximum atomic E-state index is 12.3. The van der Waals surface area contributed by atoms with Crippen molar-refractivity contribution in [1.29, 1.82) is 0 Å². The number of phenolic OH excluding ortho intramolecular Hbond substituents is 3. The number of methoxy groups -OCH3 is 2. The number of aryl methyl sites for hydroxylation is 1. The predicted octanol–water partition coefficient (Wildman–Crippen LogP) is 2.63. The molecular formula is C20H18O10. The molecule has 0 fully saturated rings. The van der Waals surface area contributed by atoms with E-state index in [9.17, 15) is 29.7 Å². The molecule has 0 aromatic heterocycles. The minimum atomic E-state index is -1.14. The maximum absolute atomic E-state index is 12.3.